The molecule has 0 aliphatic rings. The second-order valence-electron chi connectivity index (χ2n) is 4.32. The quantitative estimate of drug-likeness (QED) is 0.451. The fraction of sp³-hybridized carbons (Fsp3) is 0.500. The molecular formula is C12H19IN6O2. The number of rotatable bonds is 4. The van der Waals surface area contributed by atoms with Crippen molar-refractivity contribution in [1.82, 2.24) is 25.9 Å². The highest BCUT2D eigenvalue weighted by Crippen LogP contribution is 2.11. The van der Waals surface area contributed by atoms with E-state index in [0.717, 1.165) is 17.0 Å². The van der Waals surface area contributed by atoms with Crippen LogP contribution in [-0.2, 0) is 13.1 Å². The maximum absolute atomic E-state index is 5.11. The van der Waals surface area contributed by atoms with Crippen molar-refractivity contribution in [1.29, 1.82) is 0 Å². The number of aryl methyl sites for hydroxylation is 3. The van der Waals surface area contributed by atoms with Crippen molar-refractivity contribution >= 4 is 29.9 Å². The first-order valence-corrected chi connectivity index (χ1v) is 6.25. The molecule has 116 valence electrons. The van der Waals surface area contributed by atoms with E-state index in [-0.39, 0.29) is 24.0 Å². The lowest BCUT2D eigenvalue weighted by Crippen LogP contribution is -2.36. The largest absolute Gasteiger partial charge is 0.361 e. The minimum atomic E-state index is 0. The van der Waals surface area contributed by atoms with Crippen molar-refractivity contribution in [2.75, 3.05) is 7.05 Å². The van der Waals surface area contributed by atoms with Crippen molar-refractivity contribution in [3.05, 3.63) is 28.7 Å². The zero-order valence-corrected chi connectivity index (χ0v) is 14.8. The highest BCUT2D eigenvalue weighted by atomic mass is 127. The lowest BCUT2D eigenvalue weighted by Gasteiger charge is -2.09. The van der Waals surface area contributed by atoms with Gasteiger partial charge in [0, 0.05) is 19.2 Å². The van der Waals surface area contributed by atoms with Crippen LogP contribution in [0.2, 0.25) is 0 Å². The smallest absolute Gasteiger partial charge is 0.246 e. The summed E-state index contributed by atoms with van der Waals surface area (Å²) in [5, 5.41) is 13.9. The van der Waals surface area contributed by atoms with Crippen LogP contribution in [0.15, 0.2) is 14.0 Å². The van der Waals surface area contributed by atoms with Crippen LogP contribution in [0.5, 0.6) is 0 Å². The van der Waals surface area contributed by atoms with Crippen LogP contribution >= 0.6 is 24.0 Å². The molecule has 2 heterocycles. The van der Waals surface area contributed by atoms with Gasteiger partial charge in [-0.05, 0) is 20.8 Å². The van der Waals surface area contributed by atoms with Crippen LogP contribution in [-0.4, -0.2) is 28.3 Å². The van der Waals surface area contributed by atoms with Gasteiger partial charge in [0.2, 0.25) is 5.89 Å². The predicted molar refractivity (Wildman–Crippen MR) is 87.5 cm³/mol. The molecule has 0 atom stereocenters. The molecule has 0 fully saturated rings. The Balaban J connectivity index is 0.00000220. The Morgan fingerprint density at radius 1 is 1.10 bits per heavy atom. The van der Waals surface area contributed by atoms with Gasteiger partial charge in [-0.1, -0.05) is 10.3 Å². The van der Waals surface area contributed by atoms with E-state index in [2.05, 4.69) is 30.9 Å². The summed E-state index contributed by atoms with van der Waals surface area (Å²) >= 11 is 0. The van der Waals surface area contributed by atoms with Gasteiger partial charge < -0.3 is 19.7 Å². The van der Waals surface area contributed by atoms with Gasteiger partial charge in [-0.15, -0.1) is 24.0 Å². The summed E-state index contributed by atoms with van der Waals surface area (Å²) < 4.78 is 10.1. The van der Waals surface area contributed by atoms with Gasteiger partial charge in [-0.25, -0.2) is 0 Å². The van der Waals surface area contributed by atoms with Crippen LogP contribution in [0.3, 0.4) is 0 Å². The van der Waals surface area contributed by atoms with Crippen LogP contribution in [0.25, 0.3) is 0 Å². The Morgan fingerprint density at radius 2 is 1.81 bits per heavy atom. The number of hydrogen-bond donors (Lipinski definition) is 2. The van der Waals surface area contributed by atoms with Crippen LogP contribution in [0.4, 0.5) is 0 Å². The molecule has 0 bridgehead atoms. The van der Waals surface area contributed by atoms with E-state index in [4.69, 9.17) is 9.05 Å². The molecule has 21 heavy (non-hydrogen) atoms. The molecule has 2 N–H and O–H groups in total. The maximum atomic E-state index is 5.11. The molecule has 0 saturated heterocycles. The number of guanidine groups is 1. The van der Waals surface area contributed by atoms with E-state index in [0.29, 0.717) is 30.8 Å². The van der Waals surface area contributed by atoms with Crippen molar-refractivity contribution in [2.45, 2.75) is 33.9 Å². The lowest BCUT2D eigenvalue weighted by molar-refractivity contribution is 0.371. The van der Waals surface area contributed by atoms with Gasteiger partial charge in [0.1, 0.15) is 5.76 Å². The molecule has 2 aromatic rings. The molecule has 8 nitrogen and oxygen atoms in total. The fourth-order valence-electron chi connectivity index (χ4n) is 1.72. The molecule has 0 unspecified atom stereocenters. The molecule has 0 amide bonds. The summed E-state index contributed by atoms with van der Waals surface area (Å²) in [4.78, 5) is 8.23. The molecule has 0 aliphatic carbocycles. The Labute approximate surface area is 139 Å². The van der Waals surface area contributed by atoms with Crippen LogP contribution in [0, 0.1) is 20.8 Å². The van der Waals surface area contributed by atoms with Gasteiger partial charge in [-0.3, -0.25) is 4.99 Å². The van der Waals surface area contributed by atoms with Crippen LogP contribution in [0.1, 0.15) is 28.7 Å². The zero-order valence-electron chi connectivity index (χ0n) is 12.4. The standard InChI is InChI=1S/C12H18N6O2.HI/c1-7-10(8(2)19-17-7)5-14-12(13-4)15-6-11-16-9(3)18-20-11;/h5-6H2,1-4H3,(H2,13,14,15);1H. The zero-order chi connectivity index (χ0) is 14.5. The topological polar surface area (TPSA) is 101 Å². The van der Waals surface area contributed by atoms with E-state index in [1.807, 2.05) is 13.8 Å². The maximum Gasteiger partial charge on any atom is 0.246 e. The highest BCUT2D eigenvalue weighted by Gasteiger charge is 2.10. The van der Waals surface area contributed by atoms with Gasteiger partial charge in [0.05, 0.1) is 12.2 Å². The molecule has 9 heteroatoms. The van der Waals surface area contributed by atoms with Gasteiger partial charge in [-0.2, -0.15) is 4.98 Å². The van der Waals surface area contributed by atoms with E-state index in [1.54, 1.807) is 14.0 Å². The number of nitrogens with one attached hydrogen (secondary N) is 2. The predicted octanol–water partition coefficient (Wildman–Crippen LogP) is 1.47. The fourth-order valence-corrected chi connectivity index (χ4v) is 1.72. The minimum absolute atomic E-state index is 0. The number of halogens is 1. The third-order valence-electron chi connectivity index (χ3n) is 2.81. The SMILES string of the molecule is CN=C(NCc1nc(C)no1)NCc1c(C)noc1C.I. The molecule has 0 spiro atoms. The Bertz CT molecular complexity index is 587. The van der Waals surface area contributed by atoms with Crippen molar-refractivity contribution < 1.29 is 9.05 Å². The Morgan fingerprint density at radius 3 is 2.33 bits per heavy atom. The molecule has 0 aromatic carbocycles. The number of nitrogens with zero attached hydrogens (tertiary/aromatic N) is 4. The average molecular weight is 406 g/mol. The first-order valence-electron chi connectivity index (χ1n) is 6.25. The Hall–Kier alpha value is -1.65. The van der Waals surface area contributed by atoms with E-state index >= 15 is 0 Å². The number of aromatic nitrogens is 3. The van der Waals surface area contributed by atoms with E-state index in [9.17, 15) is 0 Å². The minimum Gasteiger partial charge on any atom is -0.361 e. The van der Waals surface area contributed by atoms with Gasteiger partial charge >= 0.3 is 0 Å². The Kier molecular flexibility index (Phi) is 6.59. The summed E-state index contributed by atoms with van der Waals surface area (Å²) in [5.74, 6) is 2.57. The molecule has 2 rings (SSSR count). The van der Waals surface area contributed by atoms with Crippen molar-refractivity contribution in [2.24, 2.45) is 4.99 Å². The summed E-state index contributed by atoms with van der Waals surface area (Å²) in [5.41, 5.74) is 1.90. The third kappa shape index (κ3) is 4.69. The van der Waals surface area contributed by atoms with Gasteiger partial charge in [0.15, 0.2) is 11.8 Å². The second kappa shape index (κ2) is 7.96. The van der Waals surface area contributed by atoms with E-state index < -0.39 is 0 Å². The first-order chi connectivity index (χ1) is 9.60. The molecule has 2 aromatic heterocycles. The summed E-state index contributed by atoms with van der Waals surface area (Å²) in [6.07, 6.45) is 0. The summed E-state index contributed by atoms with van der Waals surface area (Å²) in [7, 11) is 1.70. The average Bonchev–Trinajstić information content (AvgIpc) is 2.98. The molecule has 0 saturated carbocycles. The monoisotopic (exact) mass is 406 g/mol. The lowest BCUT2D eigenvalue weighted by atomic mass is 10.2. The second-order valence-corrected chi connectivity index (χ2v) is 4.32. The molecule has 0 aliphatic heterocycles. The third-order valence-corrected chi connectivity index (χ3v) is 2.81. The summed E-state index contributed by atoms with van der Waals surface area (Å²) in [6, 6.07) is 0. The number of hydrogen-bond acceptors (Lipinski definition) is 6. The van der Waals surface area contributed by atoms with Crippen molar-refractivity contribution in [3.63, 3.8) is 0 Å². The summed E-state index contributed by atoms with van der Waals surface area (Å²) in [6.45, 7) is 6.57. The molecule has 0 radical (unpaired) electrons. The normalized spacial score (nSPS) is 11.1. The van der Waals surface area contributed by atoms with Crippen molar-refractivity contribution in [3.8, 4) is 0 Å². The number of aliphatic imine (C=N–C) groups is 1. The van der Waals surface area contributed by atoms with Crippen LogP contribution < -0.4 is 10.6 Å². The van der Waals surface area contributed by atoms with E-state index in [1.165, 1.54) is 0 Å². The first kappa shape index (κ1) is 17.4. The van der Waals surface area contributed by atoms with Gasteiger partial charge in [0.25, 0.3) is 0 Å². The molecular weight excluding hydrogens is 387 g/mol. The highest BCUT2D eigenvalue weighted by molar-refractivity contribution is 14.0.